The SMILES string of the molecule is c1ccc(-c2cc(-c3ccccc3)cc(-c3cc(-c4ccc(-c5cccc6c5nc(-c5ccccc5)c5cccc(-c7ccccc7)c56)cc4)nc(-c4ccccc4)n3)c2)cc1. The standard InChI is InChI=1S/C59H39N3/c1-6-18-40(19-7-1)47-36-48(41-20-8-2-9-21-41)38-49(37-47)55-39-54(60-59(61-55)46-26-14-5-15-27-46)44-34-32-43(33-35-44)51-29-17-31-53-56-50(42-22-10-3-11-23-42)28-16-30-52(56)57(62-58(51)53)45-24-12-4-13-25-45/h1-39H. The molecule has 0 aliphatic heterocycles. The van der Waals surface area contributed by atoms with Gasteiger partial charge in [0.15, 0.2) is 5.82 Å². The minimum absolute atomic E-state index is 0.682. The summed E-state index contributed by atoms with van der Waals surface area (Å²) >= 11 is 0. The molecule has 11 aromatic rings. The van der Waals surface area contributed by atoms with Gasteiger partial charge in [-0.3, -0.25) is 0 Å². The summed E-state index contributed by atoms with van der Waals surface area (Å²) in [6.45, 7) is 0. The quantitative estimate of drug-likeness (QED) is 0.144. The molecule has 2 heterocycles. The third kappa shape index (κ3) is 7.02. The Morgan fingerprint density at radius 3 is 1.26 bits per heavy atom. The van der Waals surface area contributed by atoms with Gasteiger partial charge in [0.25, 0.3) is 0 Å². The van der Waals surface area contributed by atoms with Crippen LogP contribution in [0.25, 0.3) is 111 Å². The first-order valence-electron chi connectivity index (χ1n) is 21.0. The number of rotatable bonds is 8. The number of pyridine rings is 1. The zero-order chi connectivity index (χ0) is 41.2. The van der Waals surface area contributed by atoms with Crippen molar-refractivity contribution in [3.8, 4) is 89.7 Å². The lowest BCUT2D eigenvalue weighted by molar-refractivity contribution is 1.18. The maximum absolute atomic E-state index is 5.49. The normalized spacial score (nSPS) is 11.2. The number of fused-ring (bicyclic) bond motifs is 3. The molecule has 0 bridgehead atoms. The molecule has 9 aromatic carbocycles. The summed E-state index contributed by atoms with van der Waals surface area (Å²) in [5.74, 6) is 0.682. The van der Waals surface area contributed by atoms with Crippen molar-refractivity contribution in [2.45, 2.75) is 0 Å². The van der Waals surface area contributed by atoms with Crippen LogP contribution in [0.5, 0.6) is 0 Å². The van der Waals surface area contributed by atoms with Crippen LogP contribution in [-0.2, 0) is 0 Å². The molecule has 0 unspecified atom stereocenters. The summed E-state index contributed by atoms with van der Waals surface area (Å²) in [7, 11) is 0. The highest BCUT2D eigenvalue weighted by molar-refractivity contribution is 6.19. The molecule has 0 radical (unpaired) electrons. The van der Waals surface area contributed by atoms with E-state index in [1.807, 2.05) is 18.2 Å². The fraction of sp³-hybridized carbons (Fsp3) is 0. The number of hydrogen-bond donors (Lipinski definition) is 0. The summed E-state index contributed by atoms with van der Waals surface area (Å²) in [6, 6.07) is 83.4. The molecule has 0 saturated heterocycles. The van der Waals surface area contributed by atoms with Gasteiger partial charge < -0.3 is 0 Å². The minimum Gasteiger partial charge on any atom is -0.246 e. The van der Waals surface area contributed by atoms with Crippen molar-refractivity contribution < 1.29 is 0 Å². The summed E-state index contributed by atoms with van der Waals surface area (Å²) < 4.78 is 0. The maximum atomic E-state index is 5.49. The van der Waals surface area contributed by atoms with Crippen LogP contribution >= 0.6 is 0 Å². The molecule has 11 rings (SSSR count). The van der Waals surface area contributed by atoms with Crippen molar-refractivity contribution in [3.05, 3.63) is 237 Å². The molecular weight excluding hydrogens is 751 g/mol. The van der Waals surface area contributed by atoms with Crippen LogP contribution in [0.3, 0.4) is 0 Å². The third-order valence-electron chi connectivity index (χ3n) is 11.7. The highest BCUT2D eigenvalue weighted by Crippen LogP contribution is 2.42. The zero-order valence-corrected chi connectivity index (χ0v) is 33.9. The molecule has 62 heavy (non-hydrogen) atoms. The fourth-order valence-corrected chi connectivity index (χ4v) is 8.63. The Kier molecular flexibility index (Phi) is 9.53. The first-order chi connectivity index (χ1) is 30.7. The average Bonchev–Trinajstić information content (AvgIpc) is 3.37. The molecule has 0 atom stereocenters. The summed E-state index contributed by atoms with van der Waals surface area (Å²) in [6.07, 6.45) is 0. The molecule has 0 aliphatic carbocycles. The lowest BCUT2D eigenvalue weighted by atomic mass is 9.91. The van der Waals surface area contributed by atoms with E-state index in [2.05, 4.69) is 218 Å². The highest BCUT2D eigenvalue weighted by atomic mass is 14.9. The van der Waals surface area contributed by atoms with Crippen molar-refractivity contribution in [1.29, 1.82) is 0 Å². The van der Waals surface area contributed by atoms with Crippen LogP contribution < -0.4 is 0 Å². The molecule has 0 fully saturated rings. The van der Waals surface area contributed by atoms with Gasteiger partial charge in [0.2, 0.25) is 0 Å². The molecule has 3 nitrogen and oxygen atoms in total. The number of para-hydroxylation sites is 1. The molecular formula is C59H39N3. The molecule has 0 N–H and O–H groups in total. The van der Waals surface area contributed by atoms with Crippen LogP contribution in [0.2, 0.25) is 0 Å². The predicted octanol–water partition coefficient (Wildman–Crippen LogP) is 15.5. The van der Waals surface area contributed by atoms with Gasteiger partial charge in [-0.1, -0.05) is 212 Å². The van der Waals surface area contributed by atoms with Gasteiger partial charge in [-0.15, -0.1) is 0 Å². The predicted molar refractivity (Wildman–Crippen MR) is 258 cm³/mol. The van der Waals surface area contributed by atoms with E-state index in [0.717, 1.165) is 89.0 Å². The first-order valence-corrected chi connectivity index (χ1v) is 21.0. The number of aromatic nitrogens is 3. The van der Waals surface area contributed by atoms with Gasteiger partial charge in [-0.25, -0.2) is 15.0 Å². The number of hydrogen-bond acceptors (Lipinski definition) is 3. The van der Waals surface area contributed by atoms with Crippen molar-refractivity contribution in [2.24, 2.45) is 0 Å². The van der Waals surface area contributed by atoms with Crippen LogP contribution in [0.1, 0.15) is 0 Å². The second kappa shape index (κ2) is 16.1. The Morgan fingerprint density at radius 2 is 0.677 bits per heavy atom. The number of benzene rings is 9. The Morgan fingerprint density at radius 1 is 0.242 bits per heavy atom. The van der Waals surface area contributed by atoms with Gasteiger partial charge in [-0.05, 0) is 63.2 Å². The topological polar surface area (TPSA) is 38.7 Å². The maximum Gasteiger partial charge on any atom is 0.160 e. The Labute approximate surface area is 361 Å². The molecule has 2 aromatic heterocycles. The van der Waals surface area contributed by atoms with Crippen molar-refractivity contribution in [3.63, 3.8) is 0 Å². The first kappa shape index (κ1) is 36.8. The Hall–Kier alpha value is -8.27. The van der Waals surface area contributed by atoms with E-state index in [4.69, 9.17) is 15.0 Å². The Bertz CT molecular complexity index is 3290. The van der Waals surface area contributed by atoms with Gasteiger partial charge in [0.05, 0.1) is 22.6 Å². The lowest BCUT2D eigenvalue weighted by Crippen LogP contribution is -1.97. The van der Waals surface area contributed by atoms with E-state index in [9.17, 15) is 0 Å². The van der Waals surface area contributed by atoms with Gasteiger partial charge in [0, 0.05) is 44.0 Å². The van der Waals surface area contributed by atoms with E-state index in [1.54, 1.807) is 0 Å². The van der Waals surface area contributed by atoms with Crippen molar-refractivity contribution >= 4 is 21.7 Å². The van der Waals surface area contributed by atoms with Crippen molar-refractivity contribution in [1.82, 2.24) is 15.0 Å². The van der Waals surface area contributed by atoms with Crippen LogP contribution in [-0.4, -0.2) is 15.0 Å². The molecule has 0 spiro atoms. The molecule has 0 aliphatic rings. The molecule has 290 valence electrons. The summed E-state index contributed by atoms with van der Waals surface area (Å²) in [4.78, 5) is 15.9. The highest BCUT2D eigenvalue weighted by Gasteiger charge is 2.18. The average molecular weight is 790 g/mol. The van der Waals surface area contributed by atoms with E-state index >= 15 is 0 Å². The van der Waals surface area contributed by atoms with E-state index in [0.29, 0.717) is 5.82 Å². The second-order valence-electron chi connectivity index (χ2n) is 15.6. The smallest absolute Gasteiger partial charge is 0.160 e. The summed E-state index contributed by atoms with van der Waals surface area (Å²) in [5.41, 5.74) is 16.9. The fourth-order valence-electron chi connectivity index (χ4n) is 8.63. The minimum atomic E-state index is 0.682. The lowest BCUT2D eigenvalue weighted by Gasteiger charge is -2.16. The largest absolute Gasteiger partial charge is 0.246 e. The summed E-state index contributed by atoms with van der Waals surface area (Å²) in [5, 5.41) is 3.47. The second-order valence-corrected chi connectivity index (χ2v) is 15.6. The Balaban J connectivity index is 1.06. The van der Waals surface area contributed by atoms with Crippen LogP contribution in [0, 0.1) is 0 Å². The zero-order valence-electron chi connectivity index (χ0n) is 33.9. The van der Waals surface area contributed by atoms with Gasteiger partial charge in [-0.2, -0.15) is 0 Å². The van der Waals surface area contributed by atoms with Gasteiger partial charge >= 0.3 is 0 Å². The third-order valence-corrected chi connectivity index (χ3v) is 11.7. The number of nitrogens with zero attached hydrogens (tertiary/aromatic N) is 3. The monoisotopic (exact) mass is 789 g/mol. The van der Waals surface area contributed by atoms with E-state index < -0.39 is 0 Å². The van der Waals surface area contributed by atoms with E-state index in [-0.39, 0.29) is 0 Å². The molecule has 3 heteroatoms. The molecule has 0 saturated carbocycles. The van der Waals surface area contributed by atoms with Crippen LogP contribution in [0.15, 0.2) is 237 Å². The van der Waals surface area contributed by atoms with Crippen molar-refractivity contribution in [2.75, 3.05) is 0 Å². The van der Waals surface area contributed by atoms with Gasteiger partial charge in [0.1, 0.15) is 0 Å². The van der Waals surface area contributed by atoms with Crippen LogP contribution in [0.4, 0.5) is 0 Å². The van der Waals surface area contributed by atoms with E-state index in [1.165, 1.54) is 16.5 Å². The molecule has 0 amide bonds.